The summed E-state index contributed by atoms with van der Waals surface area (Å²) in [5, 5.41) is 13.3. The summed E-state index contributed by atoms with van der Waals surface area (Å²) in [5.74, 6) is -0.271. The van der Waals surface area contributed by atoms with E-state index < -0.39 is 11.7 Å². The summed E-state index contributed by atoms with van der Waals surface area (Å²) in [6.45, 7) is 9.82. The summed E-state index contributed by atoms with van der Waals surface area (Å²) in [4.78, 5) is 23.4. The second-order valence-electron chi connectivity index (χ2n) is 10.5. The number of rotatable bonds is 23. The molecule has 34 heavy (non-hydrogen) atoms. The van der Waals surface area contributed by atoms with Crippen LogP contribution in [-0.4, -0.2) is 48.4 Å². The van der Waals surface area contributed by atoms with Gasteiger partial charge in [-0.3, -0.25) is 9.59 Å². The zero-order valence-corrected chi connectivity index (χ0v) is 22.8. The first-order valence-corrected chi connectivity index (χ1v) is 14.0. The number of aliphatic hydroxyl groups is 1. The normalized spacial score (nSPS) is 12.5. The number of aliphatic hydroxyl groups excluding tert-OH is 1. The van der Waals surface area contributed by atoms with Gasteiger partial charge in [-0.25, -0.2) is 0 Å². The summed E-state index contributed by atoms with van der Waals surface area (Å²) in [7, 11) is 0. The van der Waals surface area contributed by atoms with Gasteiger partial charge >= 0.3 is 11.9 Å². The molecule has 202 valence electrons. The number of unbranched alkanes of at least 4 members (excludes halogenated alkanes) is 11. The Hall–Kier alpha value is -1.14. The van der Waals surface area contributed by atoms with Crippen LogP contribution >= 0.6 is 0 Å². The average Bonchev–Trinajstić information content (AvgIpc) is 2.75. The lowest BCUT2D eigenvalue weighted by Crippen LogP contribution is -2.27. The zero-order valence-electron chi connectivity index (χ0n) is 22.8. The molecule has 0 saturated heterocycles. The molecule has 0 aromatic carbocycles. The number of hydrogen-bond donors (Lipinski definition) is 2. The number of hydrogen-bond acceptors (Lipinski definition) is 6. The van der Waals surface area contributed by atoms with Crippen LogP contribution < -0.4 is 5.32 Å². The van der Waals surface area contributed by atoms with Gasteiger partial charge in [0.1, 0.15) is 5.60 Å². The van der Waals surface area contributed by atoms with E-state index in [0.717, 1.165) is 45.1 Å². The molecule has 0 spiro atoms. The topological polar surface area (TPSA) is 84.9 Å². The molecule has 1 atom stereocenters. The number of esters is 2. The summed E-state index contributed by atoms with van der Waals surface area (Å²) < 4.78 is 10.6. The molecule has 6 heteroatoms. The number of ether oxygens (including phenoxy) is 2. The van der Waals surface area contributed by atoms with Crippen molar-refractivity contribution in [1.29, 1.82) is 0 Å². The second-order valence-corrected chi connectivity index (χ2v) is 10.5. The lowest BCUT2D eigenvalue weighted by molar-refractivity contribution is -0.155. The molecular weight excluding hydrogens is 430 g/mol. The fraction of sp³-hybridized carbons (Fsp3) is 0.929. The fourth-order valence-corrected chi connectivity index (χ4v) is 3.79. The Morgan fingerprint density at radius 1 is 0.765 bits per heavy atom. The first-order valence-electron chi connectivity index (χ1n) is 14.0. The third kappa shape index (κ3) is 25.5. The van der Waals surface area contributed by atoms with E-state index in [4.69, 9.17) is 9.47 Å². The van der Waals surface area contributed by atoms with Crippen molar-refractivity contribution in [2.75, 3.05) is 19.7 Å². The Morgan fingerprint density at radius 2 is 1.32 bits per heavy atom. The monoisotopic (exact) mass is 485 g/mol. The maximum atomic E-state index is 11.8. The Labute approximate surface area is 209 Å². The molecule has 6 nitrogen and oxygen atoms in total. The van der Waals surface area contributed by atoms with Gasteiger partial charge < -0.3 is 19.9 Å². The molecule has 2 N–H and O–H groups in total. The van der Waals surface area contributed by atoms with E-state index in [1.807, 2.05) is 20.8 Å². The van der Waals surface area contributed by atoms with Gasteiger partial charge in [-0.1, -0.05) is 71.1 Å². The molecule has 0 aliphatic rings. The minimum Gasteiger partial charge on any atom is -0.466 e. The van der Waals surface area contributed by atoms with Crippen LogP contribution in [0.4, 0.5) is 0 Å². The van der Waals surface area contributed by atoms with Gasteiger partial charge in [0.2, 0.25) is 0 Å². The van der Waals surface area contributed by atoms with Crippen molar-refractivity contribution in [2.24, 2.45) is 0 Å². The third-order valence-corrected chi connectivity index (χ3v) is 5.71. The van der Waals surface area contributed by atoms with Gasteiger partial charge in [0.15, 0.2) is 0 Å². The molecule has 0 amide bonds. The molecular formula is C28H55NO5. The fourth-order valence-electron chi connectivity index (χ4n) is 3.79. The molecule has 0 radical (unpaired) electrons. The molecule has 1 unspecified atom stereocenters. The Kier molecular flexibility index (Phi) is 21.6. The Balaban J connectivity index is 3.40. The van der Waals surface area contributed by atoms with Crippen LogP contribution in [0, 0.1) is 0 Å². The van der Waals surface area contributed by atoms with Crippen LogP contribution in [0.1, 0.15) is 137 Å². The van der Waals surface area contributed by atoms with Crippen LogP contribution in [0.15, 0.2) is 0 Å². The van der Waals surface area contributed by atoms with Gasteiger partial charge in [-0.2, -0.15) is 0 Å². The molecule has 0 saturated carbocycles. The highest BCUT2D eigenvalue weighted by molar-refractivity contribution is 5.69. The van der Waals surface area contributed by atoms with E-state index in [9.17, 15) is 14.7 Å². The van der Waals surface area contributed by atoms with Crippen molar-refractivity contribution in [2.45, 2.75) is 149 Å². The van der Waals surface area contributed by atoms with E-state index in [1.54, 1.807) is 0 Å². The van der Waals surface area contributed by atoms with Crippen molar-refractivity contribution in [1.82, 2.24) is 5.32 Å². The Bertz CT molecular complexity index is 490. The first kappa shape index (κ1) is 32.9. The SMILES string of the molecule is CCCCCCCCCCCOC(=O)CCCC(O)CNCCCCCCC(=O)OC(C)(C)C. The largest absolute Gasteiger partial charge is 0.466 e. The molecule has 0 aliphatic carbocycles. The highest BCUT2D eigenvalue weighted by Gasteiger charge is 2.15. The first-order chi connectivity index (χ1) is 16.2. The number of carbonyl (C=O) groups excluding carboxylic acids is 2. The number of nitrogens with one attached hydrogen (secondary N) is 1. The summed E-state index contributed by atoms with van der Waals surface area (Å²) in [6, 6.07) is 0. The maximum absolute atomic E-state index is 11.8. The quantitative estimate of drug-likeness (QED) is 0.127. The van der Waals surface area contributed by atoms with Gasteiger partial charge in [0, 0.05) is 19.4 Å². The molecule has 0 heterocycles. The summed E-state index contributed by atoms with van der Waals surface area (Å²) in [5.41, 5.74) is -0.408. The minimum atomic E-state index is -0.433. The van der Waals surface area contributed by atoms with Crippen molar-refractivity contribution < 1.29 is 24.2 Å². The van der Waals surface area contributed by atoms with Crippen LogP contribution in [0.25, 0.3) is 0 Å². The molecule has 0 aromatic heterocycles. The van der Waals surface area contributed by atoms with E-state index in [2.05, 4.69) is 12.2 Å². The van der Waals surface area contributed by atoms with Gasteiger partial charge in [-0.15, -0.1) is 0 Å². The van der Waals surface area contributed by atoms with Crippen molar-refractivity contribution >= 4 is 11.9 Å². The van der Waals surface area contributed by atoms with Gasteiger partial charge in [-0.05, 0) is 59.4 Å². The standard InChI is InChI=1S/C28H55NO5/c1-5-6-7-8-9-10-11-14-17-23-33-26(31)21-18-19-25(30)24-29-22-16-13-12-15-20-27(32)34-28(2,3)4/h25,29-30H,5-24H2,1-4H3. The van der Waals surface area contributed by atoms with Crippen LogP contribution in [-0.2, 0) is 19.1 Å². The predicted octanol–water partition coefficient (Wildman–Crippen LogP) is 6.47. The third-order valence-electron chi connectivity index (χ3n) is 5.71. The maximum Gasteiger partial charge on any atom is 0.306 e. The van der Waals surface area contributed by atoms with E-state index >= 15 is 0 Å². The van der Waals surface area contributed by atoms with Crippen LogP contribution in [0.5, 0.6) is 0 Å². The van der Waals surface area contributed by atoms with Crippen molar-refractivity contribution in [3.63, 3.8) is 0 Å². The highest BCUT2D eigenvalue weighted by atomic mass is 16.6. The summed E-state index contributed by atoms with van der Waals surface area (Å²) in [6.07, 6.45) is 16.9. The molecule has 0 bridgehead atoms. The van der Waals surface area contributed by atoms with Crippen molar-refractivity contribution in [3.8, 4) is 0 Å². The predicted molar refractivity (Wildman–Crippen MR) is 140 cm³/mol. The highest BCUT2D eigenvalue weighted by Crippen LogP contribution is 2.12. The lowest BCUT2D eigenvalue weighted by Gasteiger charge is -2.19. The zero-order chi connectivity index (χ0) is 25.5. The molecule has 0 rings (SSSR count). The summed E-state index contributed by atoms with van der Waals surface area (Å²) >= 11 is 0. The Morgan fingerprint density at radius 3 is 1.97 bits per heavy atom. The second kappa shape index (κ2) is 22.3. The number of carbonyl (C=O) groups is 2. The molecule has 0 fully saturated rings. The van der Waals surface area contributed by atoms with E-state index in [0.29, 0.717) is 38.8 Å². The average molecular weight is 486 g/mol. The van der Waals surface area contributed by atoms with Crippen molar-refractivity contribution in [3.05, 3.63) is 0 Å². The lowest BCUT2D eigenvalue weighted by atomic mass is 10.1. The van der Waals surface area contributed by atoms with Crippen LogP contribution in [0.2, 0.25) is 0 Å². The van der Waals surface area contributed by atoms with E-state index in [1.165, 1.54) is 44.9 Å². The smallest absolute Gasteiger partial charge is 0.306 e. The van der Waals surface area contributed by atoms with Crippen LogP contribution in [0.3, 0.4) is 0 Å². The molecule has 0 aliphatic heterocycles. The molecule has 0 aromatic rings. The van der Waals surface area contributed by atoms with Gasteiger partial charge in [0.05, 0.1) is 12.7 Å². The minimum absolute atomic E-state index is 0.124. The van der Waals surface area contributed by atoms with E-state index in [-0.39, 0.29) is 11.9 Å². The van der Waals surface area contributed by atoms with Gasteiger partial charge in [0.25, 0.3) is 0 Å².